The maximum atomic E-state index is 5.34. The van der Waals surface area contributed by atoms with E-state index in [4.69, 9.17) is 4.84 Å². The molecule has 1 aliphatic rings. The van der Waals surface area contributed by atoms with Crippen LogP contribution in [0, 0.1) is 0 Å². The number of hydrogen-bond acceptors (Lipinski definition) is 3. The van der Waals surface area contributed by atoms with Crippen molar-refractivity contribution in [3.63, 3.8) is 0 Å². The lowest BCUT2D eigenvalue weighted by Crippen LogP contribution is -2.20. The largest absolute Gasteiger partial charge is 0.273 e. The number of unbranched alkanes of at least 4 members (excludes halogenated alkanes) is 1. The fourth-order valence-corrected chi connectivity index (χ4v) is 0.870. The third kappa shape index (κ3) is 3.18. The molecule has 0 N–H and O–H groups in total. The molecule has 0 atom stereocenters. The third-order valence-electron chi connectivity index (χ3n) is 1.47. The van der Waals surface area contributed by atoms with Crippen LogP contribution in [0.3, 0.4) is 0 Å². The SMILES string of the molecule is C=CCCCON1C=NCC1. The molecule has 0 saturated carbocycles. The molecule has 0 unspecified atom stereocenters. The number of hydroxylamine groups is 2. The number of hydrogen-bond donors (Lipinski definition) is 0. The quantitative estimate of drug-likeness (QED) is 0.439. The molecule has 0 saturated heterocycles. The van der Waals surface area contributed by atoms with Crippen LogP contribution >= 0.6 is 0 Å². The van der Waals surface area contributed by atoms with Gasteiger partial charge >= 0.3 is 0 Å². The molecule has 1 heterocycles. The van der Waals surface area contributed by atoms with Crippen LogP contribution in [-0.4, -0.2) is 31.1 Å². The first-order valence-electron chi connectivity index (χ1n) is 3.94. The van der Waals surface area contributed by atoms with Crippen molar-refractivity contribution >= 4 is 6.34 Å². The average molecular weight is 154 g/mol. The molecule has 3 heteroatoms. The fourth-order valence-electron chi connectivity index (χ4n) is 0.870. The summed E-state index contributed by atoms with van der Waals surface area (Å²) < 4.78 is 0. The van der Waals surface area contributed by atoms with Crippen LogP contribution in [0.25, 0.3) is 0 Å². The molecule has 0 radical (unpaired) electrons. The van der Waals surface area contributed by atoms with Crippen molar-refractivity contribution in [2.75, 3.05) is 19.7 Å². The van der Waals surface area contributed by atoms with E-state index < -0.39 is 0 Å². The van der Waals surface area contributed by atoms with Gasteiger partial charge < -0.3 is 0 Å². The molecule has 0 aromatic carbocycles. The van der Waals surface area contributed by atoms with E-state index in [1.165, 1.54) is 0 Å². The fraction of sp³-hybridized carbons (Fsp3) is 0.625. The van der Waals surface area contributed by atoms with Crippen LogP contribution < -0.4 is 0 Å². The Hall–Kier alpha value is -0.830. The molecule has 1 rings (SSSR count). The van der Waals surface area contributed by atoms with Crippen LogP contribution in [0.15, 0.2) is 17.6 Å². The highest BCUT2D eigenvalue weighted by Crippen LogP contribution is 1.97. The first-order chi connectivity index (χ1) is 5.43. The van der Waals surface area contributed by atoms with E-state index in [2.05, 4.69) is 11.6 Å². The van der Waals surface area contributed by atoms with Crippen molar-refractivity contribution in [2.45, 2.75) is 12.8 Å². The monoisotopic (exact) mass is 154 g/mol. The molecule has 0 aromatic rings. The standard InChI is InChI=1S/C8H14N2O/c1-2-3-4-7-11-10-6-5-9-8-10/h2,8H,1,3-7H2. The smallest absolute Gasteiger partial charge is 0.110 e. The van der Waals surface area contributed by atoms with Gasteiger partial charge in [0.2, 0.25) is 0 Å². The minimum atomic E-state index is 0.762. The number of allylic oxidation sites excluding steroid dienone is 1. The second-order valence-corrected chi connectivity index (χ2v) is 2.43. The predicted molar refractivity (Wildman–Crippen MR) is 45.4 cm³/mol. The van der Waals surface area contributed by atoms with E-state index in [0.717, 1.165) is 32.5 Å². The van der Waals surface area contributed by atoms with Gasteiger partial charge in [0.1, 0.15) is 6.34 Å². The highest BCUT2D eigenvalue weighted by molar-refractivity contribution is 5.55. The third-order valence-corrected chi connectivity index (χ3v) is 1.47. The Kier molecular flexibility index (Phi) is 3.69. The summed E-state index contributed by atoms with van der Waals surface area (Å²) in [6, 6.07) is 0. The van der Waals surface area contributed by atoms with E-state index in [-0.39, 0.29) is 0 Å². The van der Waals surface area contributed by atoms with Crippen LogP contribution in [0.2, 0.25) is 0 Å². The summed E-state index contributed by atoms with van der Waals surface area (Å²) in [5.74, 6) is 0. The Bertz CT molecular complexity index is 145. The van der Waals surface area contributed by atoms with Gasteiger partial charge in [0.25, 0.3) is 0 Å². The van der Waals surface area contributed by atoms with Crippen molar-refractivity contribution in [3.05, 3.63) is 12.7 Å². The zero-order valence-corrected chi connectivity index (χ0v) is 6.70. The van der Waals surface area contributed by atoms with Crippen LogP contribution in [-0.2, 0) is 4.84 Å². The number of aliphatic imine (C=N–C) groups is 1. The lowest BCUT2D eigenvalue weighted by atomic mass is 10.3. The van der Waals surface area contributed by atoms with Crippen molar-refractivity contribution in [3.8, 4) is 0 Å². The van der Waals surface area contributed by atoms with Gasteiger partial charge in [-0.25, -0.2) is 5.06 Å². The minimum absolute atomic E-state index is 0.762. The molecule has 0 amide bonds. The Labute approximate surface area is 67.3 Å². The van der Waals surface area contributed by atoms with Crippen LogP contribution in [0.1, 0.15) is 12.8 Å². The molecule has 0 fully saturated rings. The van der Waals surface area contributed by atoms with Gasteiger partial charge in [0.05, 0.1) is 19.7 Å². The minimum Gasteiger partial charge on any atom is -0.273 e. The lowest BCUT2D eigenvalue weighted by molar-refractivity contribution is -0.0873. The molecule has 1 aliphatic heterocycles. The summed E-state index contributed by atoms with van der Waals surface area (Å²) in [5.41, 5.74) is 0. The lowest BCUT2D eigenvalue weighted by Gasteiger charge is -2.12. The molecule has 62 valence electrons. The van der Waals surface area contributed by atoms with Gasteiger partial charge in [-0.15, -0.1) is 6.58 Å². The van der Waals surface area contributed by atoms with Crippen molar-refractivity contribution < 1.29 is 4.84 Å². The van der Waals surface area contributed by atoms with Gasteiger partial charge in [-0.2, -0.15) is 0 Å². The summed E-state index contributed by atoms with van der Waals surface area (Å²) in [6.07, 6.45) is 5.70. The zero-order valence-electron chi connectivity index (χ0n) is 6.70. The molecular weight excluding hydrogens is 140 g/mol. The summed E-state index contributed by atoms with van der Waals surface area (Å²) in [4.78, 5) is 9.36. The van der Waals surface area contributed by atoms with Gasteiger partial charge in [0, 0.05) is 0 Å². The highest BCUT2D eigenvalue weighted by atomic mass is 16.7. The Morgan fingerprint density at radius 2 is 2.64 bits per heavy atom. The van der Waals surface area contributed by atoms with Crippen molar-refractivity contribution in [1.29, 1.82) is 0 Å². The molecular formula is C8H14N2O. The Morgan fingerprint density at radius 1 is 1.73 bits per heavy atom. The molecule has 3 nitrogen and oxygen atoms in total. The first-order valence-corrected chi connectivity index (χ1v) is 3.94. The second-order valence-electron chi connectivity index (χ2n) is 2.43. The highest BCUT2D eigenvalue weighted by Gasteiger charge is 2.03. The summed E-state index contributed by atoms with van der Waals surface area (Å²) >= 11 is 0. The number of nitrogens with zero attached hydrogens (tertiary/aromatic N) is 2. The predicted octanol–water partition coefficient (Wildman–Crippen LogP) is 1.23. The molecule has 0 aromatic heterocycles. The summed E-state index contributed by atoms with van der Waals surface area (Å²) in [6.45, 7) is 6.16. The first kappa shape index (κ1) is 8.27. The Morgan fingerprint density at radius 3 is 3.27 bits per heavy atom. The van der Waals surface area contributed by atoms with E-state index >= 15 is 0 Å². The molecule has 11 heavy (non-hydrogen) atoms. The molecule has 0 aliphatic carbocycles. The van der Waals surface area contributed by atoms with Gasteiger partial charge in [-0.05, 0) is 12.8 Å². The van der Waals surface area contributed by atoms with Crippen LogP contribution in [0.5, 0.6) is 0 Å². The zero-order chi connectivity index (χ0) is 7.94. The average Bonchev–Trinajstić information content (AvgIpc) is 2.50. The maximum Gasteiger partial charge on any atom is 0.110 e. The normalized spacial score (nSPS) is 15.8. The van der Waals surface area contributed by atoms with E-state index in [1.54, 1.807) is 11.4 Å². The van der Waals surface area contributed by atoms with Crippen molar-refractivity contribution in [2.24, 2.45) is 4.99 Å². The van der Waals surface area contributed by atoms with Crippen molar-refractivity contribution in [1.82, 2.24) is 5.06 Å². The summed E-state index contributed by atoms with van der Waals surface area (Å²) in [7, 11) is 0. The Balaban J connectivity index is 1.94. The molecule has 0 bridgehead atoms. The van der Waals surface area contributed by atoms with Crippen LogP contribution in [0.4, 0.5) is 0 Å². The number of rotatable bonds is 5. The van der Waals surface area contributed by atoms with Gasteiger partial charge in [-0.3, -0.25) is 9.83 Å². The maximum absolute atomic E-state index is 5.34. The molecule has 0 spiro atoms. The van der Waals surface area contributed by atoms with Gasteiger partial charge in [-0.1, -0.05) is 6.08 Å². The van der Waals surface area contributed by atoms with E-state index in [0.29, 0.717) is 0 Å². The van der Waals surface area contributed by atoms with E-state index in [9.17, 15) is 0 Å². The second kappa shape index (κ2) is 4.91. The summed E-state index contributed by atoms with van der Waals surface area (Å²) in [5, 5.41) is 1.78. The topological polar surface area (TPSA) is 24.8 Å². The van der Waals surface area contributed by atoms with Gasteiger partial charge in [0.15, 0.2) is 0 Å². The van der Waals surface area contributed by atoms with E-state index in [1.807, 2.05) is 6.08 Å².